The molecular formula is C27H21F5N4O4. The summed E-state index contributed by atoms with van der Waals surface area (Å²) in [5, 5.41) is 13.4. The van der Waals surface area contributed by atoms with E-state index in [1.54, 1.807) is 0 Å². The van der Waals surface area contributed by atoms with Gasteiger partial charge >= 0.3 is 6.18 Å². The lowest BCUT2D eigenvalue weighted by atomic mass is 9.81. The Bertz CT molecular complexity index is 1650. The van der Waals surface area contributed by atoms with Crippen LogP contribution >= 0.6 is 0 Å². The third-order valence-electron chi connectivity index (χ3n) is 7.01. The van der Waals surface area contributed by atoms with Crippen molar-refractivity contribution in [3.8, 4) is 17.0 Å². The number of nitrogens with two attached hydrogens (primary N) is 1. The fraction of sp³-hybridized carbons (Fsp3) is 0.222. The number of nitrogens with one attached hydrogen (secondary N) is 2. The molecule has 1 aliphatic rings. The van der Waals surface area contributed by atoms with Gasteiger partial charge in [0.2, 0.25) is 11.5 Å². The second-order valence-electron chi connectivity index (χ2n) is 9.67. The lowest BCUT2D eigenvalue weighted by Gasteiger charge is -2.31. The van der Waals surface area contributed by atoms with Crippen LogP contribution in [0.2, 0.25) is 0 Å². The molecule has 0 fully saturated rings. The molecule has 13 heteroatoms. The van der Waals surface area contributed by atoms with Crippen molar-refractivity contribution in [1.82, 2.24) is 15.3 Å². The normalized spacial score (nSPS) is 18.2. The Morgan fingerprint density at radius 2 is 1.85 bits per heavy atom. The number of primary amides is 1. The fourth-order valence-corrected chi connectivity index (χ4v) is 4.51. The van der Waals surface area contributed by atoms with Gasteiger partial charge in [-0.3, -0.25) is 9.59 Å². The number of H-pyrrole nitrogens is 1. The molecule has 2 amide bonds. The summed E-state index contributed by atoms with van der Waals surface area (Å²) in [6.45, 7) is -0.365. The lowest BCUT2D eigenvalue weighted by Crippen LogP contribution is -2.51. The van der Waals surface area contributed by atoms with Crippen molar-refractivity contribution in [2.75, 3.05) is 13.2 Å². The summed E-state index contributed by atoms with van der Waals surface area (Å²) in [4.78, 5) is 31.7. The van der Waals surface area contributed by atoms with Gasteiger partial charge < -0.3 is 25.9 Å². The number of hydrogen-bond acceptors (Lipinski definition) is 5. The van der Waals surface area contributed by atoms with E-state index in [-0.39, 0.29) is 40.3 Å². The van der Waals surface area contributed by atoms with Crippen molar-refractivity contribution in [2.45, 2.75) is 24.1 Å². The van der Waals surface area contributed by atoms with E-state index in [0.29, 0.717) is 5.39 Å². The Morgan fingerprint density at radius 3 is 2.50 bits per heavy atom. The molecule has 2 aromatic carbocycles. The van der Waals surface area contributed by atoms with E-state index >= 15 is 0 Å². The molecule has 0 saturated carbocycles. The van der Waals surface area contributed by atoms with E-state index in [1.807, 2.05) is 5.32 Å². The van der Waals surface area contributed by atoms with Gasteiger partial charge in [-0.15, -0.1) is 0 Å². The maximum atomic E-state index is 14.5. The molecule has 0 bridgehead atoms. The maximum Gasteiger partial charge on any atom is 0.424 e. The number of carbonyl (C=O) groups excluding carboxylic acids is 2. The predicted octanol–water partition coefficient (Wildman–Crippen LogP) is 3.82. The van der Waals surface area contributed by atoms with E-state index in [9.17, 15) is 36.6 Å². The highest BCUT2D eigenvalue weighted by Gasteiger charge is 2.57. The second kappa shape index (κ2) is 9.30. The summed E-state index contributed by atoms with van der Waals surface area (Å²) in [6.07, 6.45) is -3.96. The van der Waals surface area contributed by atoms with Gasteiger partial charge in [0.05, 0.1) is 17.8 Å². The van der Waals surface area contributed by atoms with Crippen LogP contribution in [-0.4, -0.2) is 46.2 Å². The van der Waals surface area contributed by atoms with Crippen molar-refractivity contribution >= 4 is 22.7 Å². The number of alkyl halides is 3. The van der Waals surface area contributed by atoms with Gasteiger partial charge in [-0.05, 0) is 55.5 Å². The molecule has 5 N–H and O–H groups in total. The minimum atomic E-state index is -5.39. The van der Waals surface area contributed by atoms with Crippen LogP contribution < -0.4 is 15.8 Å². The monoisotopic (exact) mass is 560 g/mol. The number of hydrogen-bond donors (Lipinski definition) is 4. The average Bonchev–Trinajstić information content (AvgIpc) is 3.52. The highest BCUT2D eigenvalue weighted by molar-refractivity contribution is 5.98. The minimum Gasteiger partial charge on any atom is -0.489 e. The highest BCUT2D eigenvalue weighted by atomic mass is 19.4. The number of rotatable bonds is 6. The molecule has 1 aliphatic heterocycles. The largest absolute Gasteiger partial charge is 0.489 e. The number of benzene rings is 2. The van der Waals surface area contributed by atoms with E-state index in [0.717, 1.165) is 24.3 Å². The molecule has 4 aromatic rings. The first kappa shape index (κ1) is 27.1. The summed E-state index contributed by atoms with van der Waals surface area (Å²) in [5.74, 6) is -3.47. The molecule has 208 valence electrons. The Balaban J connectivity index is 1.60. The van der Waals surface area contributed by atoms with Crippen molar-refractivity contribution < 1.29 is 41.4 Å². The summed E-state index contributed by atoms with van der Waals surface area (Å²) in [5.41, 5.74) is -1.09. The lowest BCUT2D eigenvalue weighted by molar-refractivity contribution is -0.265. The standard InChI is InChI=1S/C27H21F5N4O4/c1-25(24(33)38)12-40-22-17(25)10-19(36-21(22)13-2-4-16(28)5-3-13)26(39,27(30,31)32)11-35-23(37)15-8-14-6-7-34-20(14)18(29)9-15/h2-10,34,39H,11-12H2,1H3,(H2,33,38)(H,35,37)/t25-,26?/m0/s1. The van der Waals surface area contributed by atoms with Crippen molar-refractivity contribution in [1.29, 1.82) is 0 Å². The third kappa shape index (κ3) is 4.31. The summed E-state index contributed by atoms with van der Waals surface area (Å²) in [7, 11) is 0. The highest BCUT2D eigenvalue weighted by Crippen LogP contribution is 2.47. The van der Waals surface area contributed by atoms with Crippen LogP contribution in [0, 0.1) is 11.6 Å². The summed E-state index contributed by atoms with van der Waals surface area (Å²) >= 11 is 0. The molecule has 0 saturated heterocycles. The first-order valence-electron chi connectivity index (χ1n) is 11.8. The number of pyridine rings is 1. The summed E-state index contributed by atoms with van der Waals surface area (Å²) < 4.78 is 77.0. The van der Waals surface area contributed by atoms with Crippen molar-refractivity contribution in [3.05, 3.63) is 83.2 Å². The van der Waals surface area contributed by atoms with Crippen LogP contribution in [0.3, 0.4) is 0 Å². The van der Waals surface area contributed by atoms with Crippen LogP contribution in [0.25, 0.3) is 22.2 Å². The number of aromatic nitrogens is 2. The number of nitrogens with zero attached hydrogens (tertiary/aromatic N) is 1. The Kier molecular flexibility index (Phi) is 6.29. The van der Waals surface area contributed by atoms with Gasteiger partial charge in [-0.1, -0.05) is 0 Å². The molecular weight excluding hydrogens is 539 g/mol. The topological polar surface area (TPSA) is 130 Å². The van der Waals surface area contributed by atoms with Crippen molar-refractivity contribution in [3.63, 3.8) is 0 Å². The Hall–Kier alpha value is -4.52. The zero-order chi connectivity index (χ0) is 29.0. The number of fused-ring (bicyclic) bond motifs is 2. The van der Waals surface area contributed by atoms with Crippen LogP contribution in [0.1, 0.15) is 28.5 Å². The number of amides is 2. The first-order chi connectivity index (χ1) is 18.7. The Labute approximate surface area is 223 Å². The van der Waals surface area contributed by atoms with Crippen LogP contribution in [0.15, 0.2) is 54.7 Å². The smallest absolute Gasteiger partial charge is 0.424 e. The zero-order valence-electron chi connectivity index (χ0n) is 20.7. The molecule has 3 heterocycles. The SMILES string of the molecule is C[C@]1(C(N)=O)COc2c1cc(C(O)(CNC(=O)c1cc(F)c3[nH]ccc3c1)C(F)(F)F)nc2-c1ccc(F)cc1. The average molecular weight is 560 g/mol. The summed E-state index contributed by atoms with van der Waals surface area (Å²) in [6, 6.07) is 9.03. The molecule has 2 aromatic heterocycles. The number of halogens is 5. The van der Waals surface area contributed by atoms with E-state index in [2.05, 4.69) is 9.97 Å². The Morgan fingerprint density at radius 1 is 1.15 bits per heavy atom. The van der Waals surface area contributed by atoms with E-state index in [4.69, 9.17) is 10.5 Å². The van der Waals surface area contributed by atoms with Gasteiger partial charge in [-0.25, -0.2) is 13.8 Å². The quantitative estimate of drug-likeness (QED) is 0.267. The van der Waals surface area contributed by atoms with E-state index in [1.165, 1.54) is 37.4 Å². The second-order valence-corrected chi connectivity index (χ2v) is 9.67. The predicted molar refractivity (Wildman–Crippen MR) is 132 cm³/mol. The number of carbonyl (C=O) groups is 2. The number of aromatic amines is 1. The number of aliphatic hydroxyl groups is 1. The van der Waals surface area contributed by atoms with Crippen LogP contribution in [-0.2, 0) is 15.8 Å². The molecule has 0 radical (unpaired) electrons. The molecule has 5 rings (SSSR count). The minimum absolute atomic E-state index is 0.0551. The fourth-order valence-electron chi connectivity index (χ4n) is 4.51. The van der Waals surface area contributed by atoms with E-state index < -0.39 is 52.9 Å². The van der Waals surface area contributed by atoms with Gasteiger partial charge in [0.15, 0.2) is 0 Å². The van der Waals surface area contributed by atoms with Gasteiger partial charge in [0.25, 0.3) is 5.91 Å². The molecule has 40 heavy (non-hydrogen) atoms. The number of ether oxygens (including phenoxy) is 1. The van der Waals surface area contributed by atoms with Crippen molar-refractivity contribution in [2.24, 2.45) is 5.73 Å². The maximum absolute atomic E-state index is 14.5. The first-order valence-corrected chi connectivity index (χ1v) is 11.8. The van der Waals surface area contributed by atoms with Gasteiger partial charge in [0, 0.05) is 28.3 Å². The molecule has 0 aliphatic carbocycles. The van der Waals surface area contributed by atoms with Gasteiger partial charge in [-0.2, -0.15) is 13.2 Å². The third-order valence-corrected chi connectivity index (χ3v) is 7.01. The molecule has 1 unspecified atom stereocenters. The molecule has 8 nitrogen and oxygen atoms in total. The molecule has 0 spiro atoms. The molecule has 2 atom stereocenters. The van der Waals surface area contributed by atoms with Crippen LogP contribution in [0.5, 0.6) is 5.75 Å². The zero-order valence-corrected chi connectivity index (χ0v) is 20.7. The van der Waals surface area contributed by atoms with Crippen LogP contribution in [0.4, 0.5) is 22.0 Å². The van der Waals surface area contributed by atoms with Gasteiger partial charge in [0.1, 0.15) is 35.1 Å².